The van der Waals surface area contributed by atoms with Crippen molar-refractivity contribution >= 4 is 34.2 Å². The first-order valence-electron chi connectivity index (χ1n) is 11.0. The number of fused-ring (bicyclic) bond motifs is 1. The van der Waals surface area contributed by atoms with E-state index in [-0.39, 0.29) is 11.9 Å². The van der Waals surface area contributed by atoms with Crippen molar-refractivity contribution in [3.63, 3.8) is 0 Å². The van der Waals surface area contributed by atoms with Crippen molar-refractivity contribution < 1.29 is 4.79 Å². The molecular formula is C25H27ClN4O. The molecule has 1 saturated carbocycles. The molecule has 1 atom stereocenters. The number of hydrogen-bond donors (Lipinski definition) is 1. The molecule has 0 spiro atoms. The van der Waals surface area contributed by atoms with Gasteiger partial charge in [-0.3, -0.25) is 9.69 Å². The van der Waals surface area contributed by atoms with Crippen molar-refractivity contribution in [2.75, 3.05) is 31.1 Å². The number of nitrogens with one attached hydrogen (secondary N) is 1. The summed E-state index contributed by atoms with van der Waals surface area (Å²) < 4.78 is 0. The van der Waals surface area contributed by atoms with Gasteiger partial charge in [-0.25, -0.2) is 4.98 Å². The van der Waals surface area contributed by atoms with Crippen LogP contribution in [0, 0.1) is 0 Å². The Hall–Kier alpha value is -2.63. The van der Waals surface area contributed by atoms with Crippen LogP contribution in [0.25, 0.3) is 10.9 Å². The maximum Gasteiger partial charge on any atom is 0.252 e. The van der Waals surface area contributed by atoms with Gasteiger partial charge >= 0.3 is 0 Å². The molecule has 6 heteroatoms. The van der Waals surface area contributed by atoms with E-state index < -0.39 is 0 Å². The minimum absolute atomic E-state index is 0.00771. The lowest BCUT2D eigenvalue weighted by Gasteiger charge is -2.39. The molecule has 2 aromatic carbocycles. The minimum Gasteiger partial charge on any atom is -0.354 e. The van der Waals surface area contributed by atoms with E-state index >= 15 is 0 Å². The highest BCUT2D eigenvalue weighted by Crippen LogP contribution is 2.30. The zero-order chi connectivity index (χ0) is 21.4. The molecule has 5 rings (SSSR count). The Labute approximate surface area is 188 Å². The number of para-hydroxylation sites is 1. The summed E-state index contributed by atoms with van der Waals surface area (Å²) in [6.07, 6.45) is 2.15. The van der Waals surface area contributed by atoms with Crippen LogP contribution in [0.5, 0.6) is 0 Å². The van der Waals surface area contributed by atoms with Gasteiger partial charge in [0.15, 0.2) is 0 Å². The van der Waals surface area contributed by atoms with E-state index in [0.717, 1.165) is 66.3 Å². The molecule has 1 saturated heterocycles. The molecule has 0 radical (unpaired) electrons. The summed E-state index contributed by atoms with van der Waals surface area (Å²) in [6.45, 7) is 5.79. The normalized spacial score (nSPS) is 18.2. The molecule has 1 amide bonds. The fraction of sp³-hybridized carbons (Fsp3) is 0.360. The number of halogens is 1. The lowest BCUT2D eigenvalue weighted by molar-refractivity contribution is 0.0952. The van der Waals surface area contributed by atoms with Crippen LogP contribution in [-0.4, -0.2) is 48.0 Å². The zero-order valence-electron chi connectivity index (χ0n) is 17.7. The molecule has 160 valence electrons. The molecule has 2 aliphatic rings. The smallest absolute Gasteiger partial charge is 0.252 e. The number of benzene rings is 2. The van der Waals surface area contributed by atoms with Crippen LogP contribution in [0.2, 0.25) is 5.02 Å². The van der Waals surface area contributed by atoms with E-state index in [1.54, 1.807) is 0 Å². The molecule has 3 aromatic rings. The van der Waals surface area contributed by atoms with Crippen molar-refractivity contribution in [3.8, 4) is 0 Å². The Morgan fingerprint density at radius 1 is 1.06 bits per heavy atom. The van der Waals surface area contributed by atoms with Crippen LogP contribution in [0.15, 0.2) is 54.6 Å². The Morgan fingerprint density at radius 3 is 2.52 bits per heavy atom. The third-order valence-corrected chi connectivity index (χ3v) is 6.75. The number of anilines is 1. The number of carbonyl (C=O) groups is 1. The Bertz CT molecular complexity index is 1110. The predicted molar refractivity (Wildman–Crippen MR) is 126 cm³/mol. The average molecular weight is 435 g/mol. The summed E-state index contributed by atoms with van der Waals surface area (Å²) in [5.74, 6) is 0.887. The standard InChI is InChI=1S/C25H27ClN4O/c1-17(19-6-2-4-8-22(19)26)29-12-14-30(15-13-29)24-16-21(25(31)27-18-10-11-18)20-7-3-5-9-23(20)28-24/h2-9,16-18H,10-15H2,1H3,(H,27,31). The number of hydrogen-bond acceptors (Lipinski definition) is 4. The van der Waals surface area contributed by atoms with Crippen LogP contribution in [0.4, 0.5) is 5.82 Å². The summed E-state index contributed by atoms with van der Waals surface area (Å²) in [5, 5.41) is 4.86. The molecule has 1 unspecified atom stereocenters. The highest BCUT2D eigenvalue weighted by Gasteiger charge is 2.27. The van der Waals surface area contributed by atoms with Crippen molar-refractivity contribution in [2.24, 2.45) is 0 Å². The van der Waals surface area contributed by atoms with Crippen LogP contribution < -0.4 is 10.2 Å². The molecule has 1 aliphatic carbocycles. The van der Waals surface area contributed by atoms with Crippen molar-refractivity contribution in [3.05, 3.63) is 70.7 Å². The fourth-order valence-electron chi connectivity index (χ4n) is 4.35. The fourth-order valence-corrected chi connectivity index (χ4v) is 4.64. The van der Waals surface area contributed by atoms with E-state index in [9.17, 15) is 4.79 Å². The summed E-state index contributed by atoms with van der Waals surface area (Å²) in [6, 6.07) is 18.5. The molecule has 1 aromatic heterocycles. The number of pyridine rings is 1. The Balaban J connectivity index is 1.36. The van der Waals surface area contributed by atoms with Crippen LogP contribution in [0.3, 0.4) is 0 Å². The monoisotopic (exact) mass is 434 g/mol. The van der Waals surface area contributed by atoms with E-state index in [4.69, 9.17) is 16.6 Å². The molecule has 1 N–H and O–H groups in total. The first-order chi connectivity index (χ1) is 15.1. The van der Waals surface area contributed by atoms with Crippen LogP contribution in [0.1, 0.15) is 41.7 Å². The van der Waals surface area contributed by atoms with Gasteiger partial charge in [-0.2, -0.15) is 0 Å². The summed E-state index contributed by atoms with van der Waals surface area (Å²) in [4.78, 5) is 22.5. The SMILES string of the molecule is CC(c1ccccc1Cl)N1CCN(c2cc(C(=O)NC3CC3)c3ccccc3n2)CC1. The zero-order valence-corrected chi connectivity index (χ0v) is 18.5. The second kappa shape index (κ2) is 8.48. The van der Waals surface area contributed by atoms with Gasteiger partial charge in [-0.1, -0.05) is 48.0 Å². The minimum atomic E-state index is 0.00771. The quantitative estimate of drug-likeness (QED) is 0.634. The second-order valence-electron chi connectivity index (χ2n) is 8.51. The predicted octanol–water partition coefficient (Wildman–Crippen LogP) is 4.66. The highest BCUT2D eigenvalue weighted by atomic mass is 35.5. The van der Waals surface area contributed by atoms with Crippen molar-refractivity contribution in [1.82, 2.24) is 15.2 Å². The van der Waals surface area contributed by atoms with E-state index in [2.05, 4.69) is 28.1 Å². The third kappa shape index (κ3) is 4.25. The molecule has 0 bridgehead atoms. The maximum atomic E-state index is 12.9. The van der Waals surface area contributed by atoms with Gasteiger partial charge in [0, 0.05) is 48.7 Å². The van der Waals surface area contributed by atoms with Gasteiger partial charge in [0.1, 0.15) is 5.82 Å². The molecule has 1 aliphatic heterocycles. The van der Waals surface area contributed by atoms with Crippen molar-refractivity contribution in [2.45, 2.75) is 31.8 Å². The first kappa shape index (κ1) is 20.3. The van der Waals surface area contributed by atoms with E-state index in [1.807, 2.05) is 48.5 Å². The maximum absolute atomic E-state index is 12.9. The lowest BCUT2D eigenvalue weighted by Crippen LogP contribution is -2.47. The average Bonchev–Trinajstić information content (AvgIpc) is 3.62. The number of rotatable bonds is 5. The number of piperazine rings is 1. The van der Waals surface area contributed by atoms with E-state index in [1.165, 1.54) is 5.56 Å². The molecule has 2 fully saturated rings. The number of amides is 1. The second-order valence-corrected chi connectivity index (χ2v) is 8.92. The summed E-state index contributed by atoms with van der Waals surface area (Å²) >= 11 is 6.42. The van der Waals surface area contributed by atoms with Gasteiger partial charge < -0.3 is 10.2 Å². The summed E-state index contributed by atoms with van der Waals surface area (Å²) in [5.41, 5.74) is 2.76. The first-order valence-corrected chi connectivity index (χ1v) is 11.4. The molecule has 2 heterocycles. The van der Waals surface area contributed by atoms with Crippen LogP contribution in [-0.2, 0) is 0 Å². The number of aromatic nitrogens is 1. The van der Waals surface area contributed by atoms with Gasteiger partial charge in [0.05, 0.1) is 11.1 Å². The topological polar surface area (TPSA) is 48.5 Å². The Kier molecular flexibility index (Phi) is 5.55. The third-order valence-electron chi connectivity index (χ3n) is 6.40. The summed E-state index contributed by atoms with van der Waals surface area (Å²) in [7, 11) is 0. The molecule has 31 heavy (non-hydrogen) atoms. The van der Waals surface area contributed by atoms with E-state index in [0.29, 0.717) is 6.04 Å². The van der Waals surface area contributed by atoms with Gasteiger partial charge in [0.2, 0.25) is 0 Å². The number of nitrogens with zero attached hydrogens (tertiary/aromatic N) is 3. The molecular weight excluding hydrogens is 408 g/mol. The lowest BCUT2D eigenvalue weighted by atomic mass is 10.1. The van der Waals surface area contributed by atoms with Crippen molar-refractivity contribution in [1.29, 1.82) is 0 Å². The largest absolute Gasteiger partial charge is 0.354 e. The van der Waals surface area contributed by atoms with Gasteiger partial charge in [-0.05, 0) is 43.5 Å². The molecule has 5 nitrogen and oxygen atoms in total. The van der Waals surface area contributed by atoms with Crippen LogP contribution >= 0.6 is 11.6 Å². The number of carbonyl (C=O) groups excluding carboxylic acids is 1. The highest BCUT2D eigenvalue weighted by molar-refractivity contribution is 6.31. The van der Waals surface area contributed by atoms with Gasteiger partial charge in [0.25, 0.3) is 5.91 Å². The Morgan fingerprint density at radius 2 is 1.77 bits per heavy atom. The van der Waals surface area contributed by atoms with Gasteiger partial charge in [-0.15, -0.1) is 0 Å².